The monoisotopic (exact) mass is 300 g/mol. The summed E-state index contributed by atoms with van der Waals surface area (Å²) in [6.07, 6.45) is 3.42. The van der Waals surface area contributed by atoms with Gasteiger partial charge < -0.3 is 9.72 Å². The Labute approximate surface area is 126 Å². The summed E-state index contributed by atoms with van der Waals surface area (Å²) in [5.74, 6) is 0.542. The van der Waals surface area contributed by atoms with Crippen LogP contribution in [-0.2, 0) is 6.61 Å². The molecule has 0 saturated heterocycles. The Bertz CT molecular complexity index is 844. The van der Waals surface area contributed by atoms with Gasteiger partial charge in [0.25, 0.3) is 5.56 Å². The first-order chi connectivity index (χ1) is 10.1. The zero-order chi connectivity index (χ0) is 14.8. The first kappa shape index (κ1) is 13.6. The Morgan fingerprint density at radius 1 is 1.24 bits per heavy atom. The number of H-pyrrole nitrogens is 1. The van der Waals surface area contributed by atoms with Crippen molar-refractivity contribution in [1.29, 1.82) is 0 Å². The molecular formula is C16H13ClN2O2. The molecule has 0 radical (unpaired) electrons. The summed E-state index contributed by atoms with van der Waals surface area (Å²) >= 11 is 6.23. The molecule has 106 valence electrons. The Balaban J connectivity index is 1.93. The van der Waals surface area contributed by atoms with Crippen LogP contribution in [0.15, 0.2) is 47.5 Å². The van der Waals surface area contributed by atoms with Gasteiger partial charge >= 0.3 is 0 Å². The number of aromatic amines is 1. The Hall–Kier alpha value is -2.33. The third-order valence-corrected chi connectivity index (χ3v) is 3.52. The highest BCUT2D eigenvalue weighted by Crippen LogP contribution is 2.29. The standard InChI is InChI=1S/C16H13ClN2O2/c1-10-6-12-7-13(17)15(8-14(12)19-16(10)20)21-9-11-2-4-18-5-3-11/h2-8H,9H2,1H3,(H,19,20). The lowest BCUT2D eigenvalue weighted by molar-refractivity contribution is 0.306. The molecule has 0 spiro atoms. The molecule has 21 heavy (non-hydrogen) atoms. The molecule has 0 aliphatic carbocycles. The van der Waals surface area contributed by atoms with Gasteiger partial charge in [0.1, 0.15) is 12.4 Å². The molecular weight excluding hydrogens is 288 g/mol. The Morgan fingerprint density at radius 3 is 2.76 bits per heavy atom. The highest BCUT2D eigenvalue weighted by Gasteiger charge is 2.07. The van der Waals surface area contributed by atoms with Crippen molar-refractivity contribution in [2.24, 2.45) is 0 Å². The van der Waals surface area contributed by atoms with E-state index in [-0.39, 0.29) is 5.56 Å². The van der Waals surface area contributed by atoms with Gasteiger partial charge in [-0.25, -0.2) is 0 Å². The molecule has 2 aromatic heterocycles. The predicted octanol–water partition coefficient (Wildman–Crippen LogP) is 3.46. The lowest BCUT2D eigenvalue weighted by atomic mass is 10.1. The van der Waals surface area contributed by atoms with Gasteiger partial charge in [-0.1, -0.05) is 11.6 Å². The molecule has 0 atom stereocenters. The van der Waals surface area contributed by atoms with Crippen molar-refractivity contribution in [2.45, 2.75) is 13.5 Å². The van der Waals surface area contributed by atoms with Gasteiger partial charge in [0.2, 0.25) is 0 Å². The first-order valence-corrected chi connectivity index (χ1v) is 6.86. The van der Waals surface area contributed by atoms with E-state index >= 15 is 0 Å². The quantitative estimate of drug-likeness (QED) is 0.806. The minimum absolute atomic E-state index is 0.107. The zero-order valence-electron chi connectivity index (χ0n) is 11.4. The molecule has 5 heteroatoms. The molecule has 0 fully saturated rings. The molecule has 1 aromatic carbocycles. The van der Waals surface area contributed by atoms with E-state index in [2.05, 4.69) is 9.97 Å². The minimum atomic E-state index is -0.107. The molecule has 1 N–H and O–H groups in total. The van der Waals surface area contributed by atoms with Crippen molar-refractivity contribution in [3.8, 4) is 5.75 Å². The van der Waals surface area contributed by atoms with Crippen molar-refractivity contribution in [3.63, 3.8) is 0 Å². The predicted molar refractivity (Wildman–Crippen MR) is 82.9 cm³/mol. The summed E-state index contributed by atoms with van der Waals surface area (Å²) in [7, 11) is 0. The summed E-state index contributed by atoms with van der Waals surface area (Å²) < 4.78 is 5.72. The fourth-order valence-corrected chi connectivity index (χ4v) is 2.29. The lowest BCUT2D eigenvalue weighted by Crippen LogP contribution is -2.08. The number of hydrogen-bond donors (Lipinski definition) is 1. The maximum Gasteiger partial charge on any atom is 0.251 e. The first-order valence-electron chi connectivity index (χ1n) is 6.48. The van der Waals surface area contributed by atoms with Crippen LogP contribution in [-0.4, -0.2) is 9.97 Å². The second-order valence-electron chi connectivity index (χ2n) is 4.80. The summed E-state index contributed by atoms with van der Waals surface area (Å²) in [4.78, 5) is 18.4. The number of benzene rings is 1. The van der Waals surface area contributed by atoms with E-state index in [0.29, 0.717) is 28.5 Å². The number of fused-ring (bicyclic) bond motifs is 1. The van der Waals surface area contributed by atoms with Crippen LogP contribution in [0.5, 0.6) is 5.75 Å². The molecule has 0 saturated carbocycles. The smallest absolute Gasteiger partial charge is 0.251 e. The fourth-order valence-electron chi connectivity index (χ4n) is 2.07. The van der Waals surface area contributed by atoms with E-state index in [1.165, 1.54) is 0 Å². The van der Waals surface area contributed by atoms with Gasteiger partial charge in [-0.05, 0) is 36.8 Å². The number of ether oxygens (including phenoxy) is 1. The molecule has 0 amide bonds. The van der Waals surface area contributed by atoms with Crippen LogP contribution in [0.25, 0.3) is 10.9 Å². The van der Waals surface area contributed by atoms with Crippen LogP contribution in [0.2, 0.25) is 5.02 Å². The Morgan fingerprint density at radius 2 is 2.00 bits per heavy atom. The lowest BCUT2D eigenvalue weighted by Gasteiger charge is -2.09. The van der Waals surface area contributed by atoms with Gasteiger partial charge in [-0.3, -0.25) is 9.78 Å². The van der Waals surface area contributed by atoms with Crippen LogP contribution < -0.4 is 10.3 Å². The average molecular weight is 301 g/mol. The van der Waals surface area contributed by atoms with E-state index < -0.39 is 0 Å². The molecule has 3 aromatic rings. The van der Waals surface area contributed by atoms with Crippen LogP contribution in [0.1, 0.15) is 11.1 Å². The van der Waals surface area contributed by atoms with Crippen molar-refractivity contribution in [2.75, 3.05) is 0 Å². The number of nitrogens with one attached hydrogen (secondary N) is 1. The normalized spacial score (nSPS) is 10.8. The van der Waals surface area contributed by atoms with Crippen molar-refractivity contribution < 1.29 is 4.74 Å². The van der Waals surface area contributed by atoms with Crippen LogP contribution >= 0.6 is 11.6 Å². The fraction of sp³-hybridized carbons (Fsp3) is 0.125. The summed E-state index contributed by atoms with van der Waals surface area (Å²) in [6.45, 7) is 2.16. The van der Waals surface area contributed by atoms with E-state index in [0.717, 1.165) is 10.9 Å². The number of rotatable bonds is 3. The van der Waals surface area contributed by atoms with Crippen molar-refractivity contribution >= 4 is 22.5 Å². The number of nitrogens with zero attached hydrogens (tertiary/aromatic N) is 1. The van der Waals surface area contributed by atoms with E-state index in [4.69, 9.17) is 16.3 Å². The van der Waals surface area contributed by atoms with Gasteiger partial charge in [0.15, 0.2) is 0 Å². The number of halogens is 1. The van der Waals surface area contributed by atoms with Crippen LogP contribution in [0.4, 0.5) is 0 Å². The highest BCUT2D eigenvalue weighted by atomic mass is 35.5. The second-order valence-corrected chi connectivity index (χ2v) is 5.20. The number of pyridine rings is 2. The van der Waals surface area contributed by atoms with Crippen LogP contribution in [0, 0.1) is 6.92 Å². The van der Waals surface area contributed by atoms with Gasteiger partial charge in [-0.15, -0.1) is 0 Å². The van der Waals surface area contributed by atoms with E-state index in [9.17, 15) is 4.79 Å². The minimum Gasteiger partial charge on any atom is -0.487 e. The third kappa shape index (κ3) is 2.90. The molecule has 0 bridgehead atoms. The molecule has 0 aliphatic heterocycles. The van der Waals surface area contributed by atoms with Gasteiger partial charge in [0.05, 0.1) is 10.5 Å². The highest BCUT2D eigenvalue weighted by molar-refractivity contribution is 6.32. The summed E-state index contributed by atoms with van der Waals surface area (Å²) in [5.41, 5.74) is 2.26. The SMILES string of the molecule is Cc1cc2cc(Cl)c(OCc3ccncc3)cc2[nH]c1=O. The van der Waals surface area contributed by atoms with Crippen LogP contribution in [0.3, 0.4) is 0 Å². The zero-order valence-corrected chi connectivity index (χ0v) is 12.1. The topological polar surface area (TPSA) is 55.0 Å². The second kappa shape index (κ2) is 5.58. The number of aryl methyl sites for hydroxylation is 1. The van der Waals surface area contributed by atoms with E-state index in [1.807, 2.05) is 18.2 Å². The molecule has 2 heterocycles. The average Bonchev–Trinajstić information content (AvgIpc) is 2.48. The van der Waals surface area contributed by atoms with Crippen molar-refractivity contribution in [1.82, 2.24) is 9.97 Å². The number of hydrogen-bond acceptors (Lipinski definition) is 3. The third-order valence-electron chi connectivity index (χ3n) is 3.23. The number of aromatic nitrogens is 2. The molecule has 4 nitrogen and oxygen atoms in total. The Kier molecular flexibility index (Phi) is 3.62. The molecule has 3 rings (SSSR count). The largest absolute Gasteiger partial charge is 0.487 e. The maximum absolute atomic E-state index is 11.7. The summed E-state index contributed by atoms with van der Waals surface area (Å²) in [5, 5.41) is 1.40. The van der Waals surface area contributed by atoms with E-state index in [1.54, 1.807) is 31.5 Å². The van der Waals surface area contributed by atoms with Gasteiger partial charge in [-0.2, -0.15) is 0 Å². The van der Waals surface area contributed by atoms with Gasteiger partial charge in [0, 0.05) is 29.4 Å². The summed E-state index contributed by atoms with van der Waals surface area (Å²) in [6, 6.07) is 9.11. The molecule has 0 aliphatic rings. The maximum atomic E-state index is 11.7. The molecule has 0 unspecified atom stereocenters. The van der Waals surface area contributed by atoms with Crippen molar-refractivity contribution in [3.05, 3.63) is 69.2 Å².